The van der Waals surface area contributed by atoms with Gasteiger partial charge in [0, 0.05) is 39.0 Å². The van der Waals surface area contributed by atoms with Crippen molar-refractivity contribution >= 4 is 44.4 Å². The van der Waals surface area contributed by atoms with Crippen LogP contribution < -0.4 is 25.0 Å². The fourth-order valence-corrected chi connectivity index (χ4v) is 4.77. The molecule has 2 aromatic carbocycles. The summed E-state index contributed by atoms with van der Waals surface area (Å²) >= 11 is 5.43. The first-order valence-electron chi connectivity index (χ1n) is 10.5. The Morgan fingerprint density at radius 3 is 2.47 bits per heavy atom. The van der Waals surface area contributed by atoms with Crippen LogP contribution in [0.4, 0.5) is 17.1 Å². The summed E-state index contributed by atoms with van der Waals surface area (Å²) in [5, 5.41) is 6.77. The number of hydrogen-bond acceptors (Lipinski definition) is 6. The monoisotopic (exact) mass is 478 g/mol. The lowest BCUT2D eigenvalue weighted by Gasteiger charge is -2.23. The largest absolute Gasteiger partial charge is 0.497 e. The fraction of sp³-hybridized carbons (Fsp3) is 0.409. The number of sulfonamides is 1. The van der Waals surface area contributed by atoms with E-state index in [1.165, 1.54) is 0 Å². The van der Waals surface area contributed by atoms with E-state index in [1.54, 1.807) is 50.6 Å². The maximum absolute atomic E-state index is 13.0. The molecule has 1 aliphatic rings. The number of thiocarbonyl (C=S) groups is 1. The van der Waals surface area contributed by atoms with Gasteiger partial charge in [-0.1, -0.05) is 0 Å². The van der Waals surface area contributed by atoms with E-state index < -0.39 is 10.0 Å². The molecule has 3 N–H and O–H groups in total. The molecule has 0 atom stereocenters. The second-order valence-corrected chi connectivity index (χ2v) is 9.53. The molecule has 1 fully saturated rings. The lowest BCUT2D eigenvalue weighted by molar-refractivity contribution is 0.196. The van der Waals surface area contributed by atoms with Crippen LogP contribution in [0.2, 0.25) is 0 Å². The van der Waals surface area contributed by atoms with Gasteiger partial charge < -0.3 is 25.0 Å². The predicted molar refractivity (Wildman–Crippen MR) is 132 cm³/mol. The number of nitrogens with one attached hydrogen (secondary N) is 3. The van der Waals surface area contributed by atoms with Crippen LogP contribution >= 0.6 is 12.2 Å². The van der Waals surface area contributed by atoms with Crippen LogP contribution in [-0.2, 0) is 14.8 Å². The molecular weight excluding hydrogens is 448 g/mol. The predicted octanol–water partition coefficient (Wildman–Crippen LogP) is 3.42. The molecule has 10 heteroatoms. The molecule has 8 nitrogen and oxygen atoms in total. The van der Waals surface area contributed by atoms with Gasteiger partial charge in [0.25, 0.3) is 10.0 Å². The minimum absolute atomic E-state index is 0.154. The number of methoxy groups -OCH3 is 2. The Hall–Kier alpha value is -2.56. The average molecular weight is 479 g/mol. The SMILES string of the molecule is COCCCNC(=S)Nc1cc(S(=O)(=O)Nc2ccc(OC)cc2)ccc1N1CCCC1. The lowest BCUT2D eigenvalue weighted by Crippen LogP contribution is -2.31. The van der Waals surface area contributed by atoms with Crippen LogP contribution in [0.25, 0.3) is 0 Å². The number of nitrogens with zero attached hydrogens (tertiary/aromatic N) is 1. The molecule has 2 aromatic rings. The second-order valence-electron chi connectivity index (χ2n) is 7.43. The van der Waals surface area contributed by atoms with Crippen LogP contribution in [-0.4, -0.2) is 54.0 Å². The van der Waals surface area contributed by atoms with Crippen LogP contribution in [0.15, 0.2) is 47.4 Å². The summed E-state index contributed by atoms with van der Waals surface area (Å²) in [7, 11) is -0.566. The van der Waals surface area contributed by atoms with Crippen molar-refractivity contribution in [1.82, 2.24) is 5.32 Å². The Balaban J connectivity index is 1.81. The standard InChI is InChI=1S/C22H30N4O4S2/c1-29-15-5-12-23-22(31)24-20-16-19(10-11-21(20)26-13-3-4-14-26)32(27,28)25-17-6-8-18(30-2)9-7-17/h6-11,16,25H,3-5,12-15H2,1-2H3,(H2,23,24,31). The third-order valence-electron chi connectivity index (χ3n) is 5.13. The zero-order valence-electron chi connectivity index (χ0n) is 18.4. The van der Waals surface area contributed by atoms with E-state index in [0.29, 0.717) is 35.4 Å². The minimum atomic E-state index is -3.79. The van der Waals surface area contributed by atoms with Crippen molar-refractivity contribution in [2.45, 2.75) is 24.2 Å². The summed E-state index contributed by atoms with van der Waals surface area (Å²) in [5.41, 5.74) is 2.06. The number of benzene rings is 2. The van der Waals surface area contributed by atoms with Crippen LogP contribution in [0.1, 0.15) is 19.3 Å². The van der Waals surface area contributed by atoms with Crippen molar-refractivity contribution in [1.29, 1.82) is 0 Å². The Labute approximate surface area is 195 Å². The Morgan fingerprint density at radius 1 is 1.09 bits per heavy atom. The summed E-state index contributed by atoms with van der Waals surface area (Å²) in [4.78, 5) is 2.39. The van der Waals surface area contributed by atoms with E-state index in [0.717, 1.165) is 38.0 Å². The molecule has 0 amide bonds. The van der Waals surface area contributed by atoms with Crippen molar-refractivity contribution in [2.24, 2.45) is 0 Å². The third-order valence-corrected chi connectivity index (χ3v) is 6.75. The molecule has 0 aliphatic carbocycles. The molecule has 0 aromatic heterocycles. The fourth-order valence-electron chi connectivity index (χ4n) is 3.47. The smallest absolute Gasteiger partial charge is 0.261 e. The molecule has 0 bridgehead atoms. The minimum Gasteiger partial charge on any atom is -0.497 e. The van der Waals surface area contributed by atoms with E-state index in [2.05, 4.69) is 20.3 Å². The average Bonchev–Trinajstić information content (AvgIpc) is 3.32. The highest BCUT2D eigenvalue weighted by Gasteiger charge is 2.21. The van der Waals surface area contributed by atoms with Gasteiger partial charge in [0.15, 0.2) is 5.11 Å². The Bertz CT molecular complexity index is 1010. The summed E-state index contributed by atoms with van der Waals surface area (Å²) < 4.78 is 38.8. The first-order chi connectivity index (χ1) is 15.4. The number of hydrogen-bond donors (Lipinski definition) is 3. The molecule has 32 heavy (non-hydrogen) atoms. The van der Waals surface area contributed by atoms with E-state index in [1.807, 2.05) is 6.07 Å². The topological polar surface area (TPSA) is 91.9 Å². The zero-order valence-corrected chi connectivity index (χ0v) is 20.0. The number of anilines is 3. The van der Waals surface area contributed by atoms with Gasteiger partial charge in [-0.25, -0.2) is 8.42 Å². The van der Waals surface area contributed by atoms with Gasteiger partial charge in [-0.05, 0) is 73.9 Å². The molecule has 1 heterocycles. The molecule has 0 spiro atoms. The summed E-state index contributed by atoms with van der Waals surface area (Å²) in [6.07, 6.45) is 3.04. The van der Waals surface area contributed by atoms with Gasteiger partial charge in [0.1, 0.15) is 5.75 Å². The molecular formula is C22H30N4O4S2. The molecule has 0 saturated carbocycles. The highest BCUT2D eigenvalue weighted by Crippen LogP contribution is 2.32. The second kappa shape index (κ2) is 11.3. The van der Waals surface area contributed by atoms with E-state index in [9.17, 15) is 8.42 Å². The zero-order chi connectivity index (χ0) is 23.0. The molecule has 1 aliphatic heterocycles. The Morgan fingerprint density at radius 2 is 1.81 bits per heavy atom. The van der Waals surface area contributed by atoms with Crippen LogP contribution in [0, 0.1) is 0 Å². The van der Waals surface area contributed by atoms with Gasteiger partial charge in [0.2, 0.25) is 0 Å². The van der Waals surface area contributed by atoms with Crippen LogP contribution in [0.5, 0.6) is 5.75 Å². The van der Waals surface area contributed by atoms with E-state index in [4.69, 9.17) is 21.7 Å². The van der Waals surface area contributed by atoms with E-state index in [-0.39, 0.29) is 4.90 Å². The lowest BCUT2D eigenvalue weighted by atomic mass is 10.2. The maximum Gasteiger partial charge on any atom is 0.261 e. The highest BCUT2D eigenvalue weighted by atomic mass is 32.2. The molecule has 1 saturated heterocycles. The van der Waals surface area contributed by atoms with Crippen molar-refractivity contribution in [2.75, 3.05) is 55.4 Å². The van der Waals surface area contributed by atoms with Crippen molar-refractivity contribution < 1.29 is 17.9 Å². The molecule has 0 radical (unpaired) electrons. The summed E-state index contributed by atoms with van der Waals surface area (Å²) in [5.74, 6) is 0.654. The normalized spacial score (nSPS) is 13.6. The number of rotatable bonds is 10. The van der Waals surface area contributed by atoms with Gasteiger partial charge in [0.05, 0.1) is 23.4 Å². The van der Waals surface area contributed by atoms with Crippen molar-refractivity contribution in [3.05, 3.63) is 42.5 Å². The molecule has 0 unspecified atom stereocenters. The van der Waals surface area contributed by atoms with Gasteiger partial charge >= 0.3 is 0 Å². The highest BCUT2D eigenvalue weighted by molar-refractivity contribution is 7.92. The molecule has 3 rings (SSSR count). The number of ether oxygens (including phenoxy) is 2. The van der Waals surface area contributed by atoms with Gasteiger partial charge in [-0.15, -0.1) is 0 Å². The Kier molecular flexibility index (Phi) is 8.54. The van der Waals surface area contributed by atoms with E-state index >= 15 is 0 Å². The summed E-state index contributed by atoms with van der Waals surface area (Å²) in [6, 6.07) is 11.8. The maximum atomic E-state index is 13.0. The van der Waals surface area contributed by atoms with Crippen LogP contribution in [0.3, 0.4) is 0 Å². The third kappa shape index (κ3) is 6.47. The summed E-state index contributed by atoms with van der Waals surface area (Å²) in [6.45, 7) is 3.16. The first-order valence-corrected chi connectivity index (χ1v) is 12.4. The molecule has 174 valence electrons. The van der Waals surface area contributed by atoms with Crippen molar-refractivity contribution in [3.8, 4) is 5.75 Å². The van der Waals surface area contributed by atoms with Gasteiger partial charge in [-0.3, -0.25) is 4.72 Å². The first kappa shape index (κ1) is 24.1. The van der Waals surface area contributed by atoms with Gasteiger partial charge in [-0.2, -0.15) is 0 Å². The van der Waals surface area contributed by atoms with Crippen molar-refractivity contribution in [3.63, 3.8) is 0 Å². The quantitative estimate of drug-likeness (QED) is 0.353.